The summed E-state index contributed by atoms with van der Waals surface area (Å²) in [4.78, 5) is 20.4. The highest BCUT2D eigenvalue weighted by Gasteiger charge is 2.15. The lowest BCUT2D eigenvalue weighted by atomic mass is 10.2. The first-order valence-corrected chi connectivity index (χ1v) is 6.81. The van der Waals surface area contributed by atoms with E-state index >= 15 is 0 Å². The van der Waals surface area contributed by atoms with E-state index in [0.29, 0.717) is 16.9 Å². The van der Waals surface area contributed by atoms with Crippen LogP contribution in [0, 0.1) is 0 Å². The number of aromatic nitrogens is 2. The molecule has 0 radical (unpaired) electrons. The molecular weight excluding hydrogens is 276 g/mol. The van der Waals surface area contributed by atoms with Gasteiger partial charge in [-0.25, -0.2) is 9.78 Å². The van der Waals surface area contributed by atoms with Crippen LogP contribution in [0.4, 0.5) is 0 Å². The molecule has 0 unspecified atom stereocenters. The fraction of sp³-hybridized carbons (Fsp3) is 0.143. The number of hydrogen-bond donors (Lipinski definition) is 1. The zero-order valence-electron chi connectivity index (χ0n) is 11.0. The van der Waals surface area contributed by atoms with Gasteiger partial charge in [-0.2, -0.15) is 0 Å². The Morgan fingerprint density at radius 2 is 2.20 bits per heavy atom. The van der Waals surface area contributed by atoms with Gasteiger partial charge < -0.3 is 14.5 Å². The van der Waals surface area contributed by atoms with Gasteiger partial charge in [0, 0.05) is 11.4 Å². The third kappa shape index (κ3) is 2.04. The Labute approximate surface area is 119 Å². The maximum Gasteiger partial charge on any atom is 0.340 e. The molecule has 5 nitrogen and oxygen atoms in total. The van der Waals surface area contributed by atoms with Crippen LogP contribution in [0.2, 0.25) is 0 Å². The maximum absolute atomic E-state index is 11.7. The molecule has 0 spiro atoms. The van der Waals surface area contributed by atoms with Crippen LogP contribution in [0.1, 0.15) is 10.4 Å². The Balaban J connectivity index is 2.12. The first-order valence-electron chi connectivity index (χ1n) is 5.93. The van der Waals surface area contributed by atoms with E-state index in [4.69, 9.17) is 9.47 Å². The van der Waals surface area contributed by atoms with Crippen molar-refractivity contribution in [2.45, 2.75) is 0 Å². The van der Waals surface area contributed by atoms with Crippen molar-refractivity contribution in [2.75, 3.05) is 14.2 Å². The van der Waals surface area contributed by atoms with E-state index < -0.39 is 5.97 Å². The summed E-state index contributed by atoms with van der Waals surface area (Å²) in [5, 5.41) is 1.91. The predicted octanol–water partition coefficient (Wildman–Crippen LogP) is 3.09. The molecule has 0 fully saturated rings. The average molecular weight is 288 g/mol. The predicted molar refractivity (Wildman–Crippen MR) is 77.3 cm³/mol. The number of nitrogens with zero attached hydrogens (tertiary/aromatic N) is 1. The van der Waals surface area contributed by atoms with E-state index in [1.165, 1.54) is 18.4 Å². The molecular formula is C14H12N2O3S. The number of para-hydroxylation sites is 1. The van der Waals surface area contributed by atoms with E-state index in [1.807, 2.05) is 17.5 Å². The zero-order chi connectivity index (χ0) is 14.1. The van der Waals surface area contributed by atoms with Crippen LogP contribution in [-0.2, 0) is 4.74 Å². The first kappa shape index (κ1) is 12.7. The summed E-state index contributed by atoms with van der Waals surface area (Å²) in [5.74, 6) is 1.11. The van der Waals surface area contributed by atoms with Crippen LogP contribution in [0.3, 0.4) is 0 Å². The molecule has 0 amide bonds. The van der Waals surface area contributed by atoms with E-state index in [0.717, 1.165) is 16.1 Å². The molecule has 3 rings (SSSR count). The molecule has 1 N–H and O–H groups in total. The number of thiophene rings is 1. The second-order valence-electron chi connectivity index (χ2n) is 4.13. The lowest BCUT2D eigenvalue weighted by molar-refractivity contribution is 0.0603. The molecule has 3 aromatic rings. The Hall–Kier alpha value is -2.34. The number of imidazole rings is 1. The third-order valence-corrected chi connectivity index (χ3v) is 3.88. The largest absolute Gasteiger partial charge is 0.496 e. The minimum Gasteiger partial charge on any atom is -0.496 e. The quantitative estimate of drug-likeness (QED) is 0.752. The van der Waals surface area contributed by atoms with Gasteiger partial charge in [-0.15, -0.1) is 11.3 Å². The number of rotatable bonds is 3. The molecule has 20 heavy (non-hydrogen) atoms. The van der Waals surface area contributed by atoms with Crippen LogP contribution >= 0.6 is 11.3 Å². The SMILES string of the molecule is COC(=O)c1cccc2[nH]c(-c3cc(OC)cs3)nc12. The Morgan fingerprint density at radius 1 is 1.35 bits per heavy atom. The maximum atomic E-state index is 11.7. The molecule has 2 aromatic heterocycles. The van der Waals surface area contributed by atoms with Gasteiger partial charge in [0.05, 0.1) is 30.2 Å². The summed E-state index contributed by atoms with van der Waals surface area (Å²) in [6.45, 7) is 0. The number of aromatic amines is 1. The van der Waals surface area contributed by atoms with Gasteiger partial charge in [0.2, 0.25) is 0 Å². The molecule has 6 heteroatoms. The number of hydrogen-bond acceptors (Lipinski definition) is 5. The minimum atomic E-state index is -0.391. The summed E-state index contributed by atoms with van der Waals surface area (Å²) in [6, 6.07) is 7.28. The highest BCUT2D eigenvalue weighted by atomic mass is 32.1. The van der Waals surface area contributed by atoms with Gasteiger partial charge in [0.15, 0.2) is 0 Å². The van der Waals surface area contributed by atoms with Gasteiger partial charge in [0.25, 0.3) is 0 Å². The fourth-order valence-corrected chi connectivity index (χ4v) is 2.77. The van der Waals surface area contributed by atoms with E-state index in [-0.39, 0.29) is 0 Å². The van der Waals surface area contributed by atoms with Crippen molar-refractivity contribution in [1.29, 1.82) is 0 Å². The summed E-state index contributed by atoms with van der Waals surface area (Å²) in [7, 11) is 2.98. The van der Waals surface area contributed by atoms with Gasteiger partial charge in [-0.05, 0) is 12.1 Å². The third-order valence-electron chi connectivity index (χ3n) is 2.96. The molecule has 0 bridgehead atoms. The number of carbonyl (C=O) groups is 1. The zero-order valence-corrected chi connectivity index (χ0v) is 11.8. The Bertz CT molecular complexity index is 776. The monoisotopic (exact) mass is 288 g/mol. The number of fused-ring (bicyclic) bond motifs is 1. The van der Waals surface area contributed by atoms with Crippen molar-refractivity contribution in [2.24, 2.45) is 0 Å². The van der Waals surface area contributed by atoms with Crippen molar-refractivity contribution in [3.63, 3.8) is 0 Å². The van der Waals surface area contributed by atoms with E-state index in [2.05, 4.69) is 9.97 Å². The van der Waals surface area contributed by atoms with Gasteiger partial charge in [0.1, 0.15) is 17.1 Å². The molecule has 2 heterocycles. The van der Waals surface area contributed by atoms with Gasteiger partial charge in [-0.1, -0.05) is 6.07 Å². The van der Waals surface area contributed by atoms with Crippen molar-refractivity contribution < 1.29 is 14.3 Å². The molecule has 102 valence electrons. The number of ether oxygens (including phenoxy) is 2. The molecule has 0 atom stereocenters. The van der Waals surface area contributed by atoms with Crippen LogP contribution in [0.15, 0.2) is 29.6 Å². The number of esters is 1. The molecule has 1 aromatic carbocycles. The van der Waals surface area contributed by atoms with Crippen molar-refractivity contribution in [3.8, 4) is 16.5 Å². The summed E-state index contributed by atoms with van der Waals surface area (Å²) < 4.78 is 9.94. The Morgan fingerprint density at radius 3 is 2.90 bits per heavy atom. The van der Waals surface area contributed by atoms with Crippen molar-refractivity contribution in [3.05, 3.63) is 35.2 Å². The Kier molecular flexibility index (Phi) is 3.15. The van der Waals surface area contributed by atoms with E-state index in [1.54, 1.807) is 19.2 Å². The first-order chi connectivity index (χ1) is 9.72. The van der Waals surface area contributed by atoms with Crippen LogP contribution in [0.25, 0.3) is 21.7 Å². The molecule has 0 saturated carbocycles. The number of nitrogens with one attached hydrogen (secondary N) is 1. The van der Waals surface area contributed by atoms with Crippen LogP contribution in [0.5, 0.6) is 5.75 Å². The molecule has 0 saturated heterocycles. The average Bonchev–Trinajstić information content (AvgIpc) is 3.11. The highest BCUT2D eigenvalue weighted by Crippen LogP contribution is 2.31. The summed E-state index contributed by atoms with van der Waals surface area (Å²) >= 11 is 1.53. The molecule has 0 aliphatic heterocycles. The van der Waals surface area contributed by atoms with Crippen molar-refractivity contribution >= 4 is 28.3 Å². The number of methoxy groups -OCH3 is 2. The number of benzene rings is 1. The standard InChI is InChI=1S/C14H12N2O3S/c1-18-8-6-11(20-7-8)13-15-10-5-3-4-9(12(10)16-13)14(17)19-2/h3-7H,1-2H3,(H,15,16). The van der Waals surface area contributed by atoms with Crippen molar-refractivity contribution in [1.82, 2.24) is 9.97 Å². The normalized spacial score (nSPS) is 10.7. The van der Waals surface area contributed by atoms with Crippen LogP contribution < -0.4 is 4.74 Å². The van der Waals surface area contributed by atoms with Crippen LogP contribution in [-0.4, -0.2) is 30.2 Å². The summed E-state index contributed by atoms with van der Waals surface area (Å²) in [5.41, 5.74) is 1.87. The topological polar surface area (TPSA) is 64.2 Å². The lowest BCUT2D eigenvalue weighted by Gasteiger charge is -1.98. The highest BCUT2D eigenvalue weighted by molar-refractivity contribution is 7.13. The number of H-pyrrole nitrogens is 1. The molecule has 0 aliphatic rings. The van der Waals surface area contributed by atoms with Gasteiger partial charge >= 0.3 is 5.97 Å². The second-order valence-corrected chi connectivity index (χ2v) is 5.04. The number of carbonyl (C=O) groups excluding carboxylic acids is 1. The second kappa shape index (κ2) is 4.97. The van der Waals surface area contributed by atoms with Gasteiger partial charge in [-0.3, -0.25) is 0 Å². The smallest absolute Gasteiger partial charge is 0.340 e. The lowest BCUT2D eigenvalue weighted by Crippen LogP contribution is -2.01. The minimum absolute atomic E-state index is 0.391. The fourth-order valence-electron chi connectivity index (χ4n) is 1.97. The summed E-state index contributed by atoms with van der Waals surface area (Å²) in [6.07, 6.45) is 0. The van der Waals surface area contributed by atoms with E-state index in [9.17, 15) is 4.79 Å². The molecule has 0 aliphatic carbocycles.